The fourth-order valence-corrected chi connectivity index (χ4v) is 3.30. The minimum Gasteiger partial charge on any atom is -0.493 e. The third kappa shape index (κ3) is 5.13. The predicted octanol–water partition coefficient (Wildman–Crippen LogP) is 2.45. The Labute approximate surface area is 169 Å². The maximum absolute atomic E-state index is 12.7. The third-order valence-electron chi connectivity index (χ3n) is 4.88. The molecule has 0 radical (unpaired) electrons. The predicted molar refractivity (Wildman–Crippen MR) is 107 cm³/mol. The van der Waals surface area contributed by atoms with Gasteiger partial charge in [0.15, 0.2) is 0 Å². The zero-order valence-corrected chi connectivity index (χ0v) is 16.3. The molecule has 2 aromatic rings. The van der Waals surface area contributed by atoms with Crippen LogP contribution in [0, 0.1) is 6.92 Å². The highest BCUT2D eigenvalue weighted by Gasteiger charge is 2.26. The minimum atomic E-state index is -1.13. The van der Waals surface area contributed by atoms with E-state index in [1.807, 2.05) is 31.2 Å². The number of carboxylic acids is 1. The molecule has 0 atom stereocenters. The smallest absolute Gasteiger partial charge is 0.336 e. The van der Waals surface area contributed by atoms with E-state index in [4.69, 9.17) is 4.74 Å². The first kappa shape index (κ1) is 20.4. The summed E-state index contributed by atoms with van der Waals surface area (Å²) in [5, 5.41) is 9.27. The normalized spacial score (nSPS) is 13.8. The molecule has 1 fully saturated rings. The lowest BCUT2D eigenvalue weighted by Gasteiger charge is -2.35. The Morgan fingerprint density at radius 3 is 2.24 bits per heavy atom. The van der Waals surface area contributed by atoms with E-state index < -0.39 is 5.97 Å². The number of piperazine rings is 1. The number of ether oxygens (including phenoxy) is 1. The fourth-order valence-electron chi connectivity index (χ4n) is 3.30. The molecule has 0 bridgehead atoms. The second-order valence-electron chi connectivity index (χ2n) is 6.94. The number of amides is 2. The van der Waals surface area contributed by atoms with Crippen LogP contribution in [0.2, 0.25) is 0 Å². The van der Waals surface area contributed by atoms with Crippen LogP contribution in [0.15, 0.2) is 48.5 Å². The van der Waals surface area contributed by atoms with Crippen molar-refractivity contribution < 1.29 is 24.2 Å². The molecule has 0 unspecified atom stereocenters. The van der Waals surface area contributed by atoms with Crippen LogP contribution in [0.1, 0.15) is 32.7 Å². The van der Waals surface area contributed by atoms with E-state index in [1.54, 1.807) is 21.9 Å². The zero-order valence-electron chi connectivity index (χ0n) is 16.3. The van der Waals surface area contributed by atoms with Crippen molar-refractivity contribution in [2.75, 3.05) is 32.8 Å². The van der Waals surface area contributed by atoms with E-state index >= 15 is 0 Å². The van der Waals surface area contributed by atoms with Crippen molar-refractivity contribution in [3.63, 3.8) is 0 Å². The first-order chi connectivity index (χ1) is 14.0. The van der Waals surface area contributed by atoms with E-state index in [0.717, 1.165) is 11.3 Å². The lowest BCUT2D eigenvalue weighted by atomic mass is 10.1. The molecule has 2 amide bonds. The first-order valence-electron chi connectivity index (χ1n) is 9.54. The van der Waals surface area contributed by atoms with E-state index in [2.05, 4.69) is 0 Å². The monoisotopic (exact) mass is 396 g/mol. The topological polar surface area (TPSA) is 87.2 Å². The quantitative estimate of drug-likeness (QED) is 0.810. The second kappa shape index (κ2) is 9.23. The van der Waals surface area contributed by atoms with Gasteiger partial charge in [0.2, 0.25) is 5.91 Å². The van der Waals surface area contributed by atoms with Crippen LogP contribution in [-0.2, 0) is 4.79 Å². The van der Waals surface area contributed by atoms with Crippen LogP contribution >= 0.6 is 0 Å². The molecule has 0 spiro atoms. The minimum absolute atomic E-state index is 0.00990. The Balaban J connectivity index is 1.49. The SMILES string of the molecule is Cc1cccc(OCCC(=O)N2CCN(C(=O)c3ccccc3C(=O)O)CC2)c1. The van der Waals surface area contributed by atoms with Crippen LogP contribution in [0.25, 0.3) is 0 Å². The van der Waals surface area contributed by atoms with Gasteiger partial charge in [0.25, 0.3) is 5.91 Å². The molecule has 29 heavy (non-hydrogen) atoms. The average Bonchev–Trinajstić information content (AvgIpc) is 2.73. The van der Waals surface area contributed by atoms with E-state index in [0.29, 0.717) is 32.8 Å². The number of carbonyl (C=O) groups is 3. The summed E-state index contributed by atoms with van der Waals surface area (Å²) in [5.41, 5.74) is 1.26. The van der Waals surface area contributed by atoms with Crippen LogP contribution in [0.4, 0.5) is 0 Å². The van der Waals surface area contributed by atoms with Crippen molar-refractivity contribution in [2.45, 2.75) is 13.3 Å². The molecule has 0 saturated carbocycles. The number of aryl methyl sites for hydroxylation is 1. The molecule has 1 saturated heterocycles. The van der Waals surface area contributed by atoms with Gasteiger partial charge in [-0.25, -0.2) is 4.79 Å². The molecule has 152 valence electrons. The first-order valence-corrected chi connectivity index (χ1v) is 9.54. The lowest BCUT2D eigenvalue weighted by molar-refractivity contribution is -0.133. The molecule has 3 rings (SSSR count). The highest BCUT2D eigenvalue weighted by atomic mass is 16.5. The standard InChI is InChI=1S/C22H24N2O5/c1-16-5-4-6-17(15-16)29-14-9-20(25)23-10-12-24(13-11-23)21(26)18-7-2-3-8-19(18)22(27)28/h2-8,15H,9-14H2,1H3,(H,27,28). The summed E-state index contributed by atoms with van der Waals surface area (Å²) in [7, 11) is 0. The summed E-state index contributed by atoms with van der Waals surface area (Å²) in [4.78, 5) is 39.8. The Hall–Kier alpha value is -3.35. The Morgan fingerprint density at radius 1 is 0.931 bits per heavy atom. The summed E-state index contributed by atoms with van der Waals surface area (Å²) in [6.07, 6.45) is 0.268. The fraction of sp³-hybridized carbons (Fsp3) is 0.318. The zero-order chi connectivity index (χ0) is 20.8. The maximum atomic E-state index is 12.7. The van der Waals surface area contributed by atoms with Gasteiger partial charge in [-0.05, 0) is 36.8 Å². The summed E-state index contributed by atoms with van der Waals surface area (Å²) in [5.74, 6) is -0.727. The van der Waals surface area contributed by atoms with Gasteiger partial charge < -0.3 is 19.6 Å². The van der Waals surface area contributed by atoms with Crippen molar-refractivity contribution in [1.82, 2.24) is 9.80 Å². The second-order valence-corrected chi connectivity index (χ2v) is 6.94. The molecular weight excluding hydrogens is 372 g/mol. The van der Waals surface area contributed by atoms with Crippen molar-refractivity contribution in [2.24, 2.45) is 0 Å². The molecule has 7 heteroatoms. The average molecular weight is 396 g/mol. The summed E-state index contributed by atoms with van der Waals surface area (Å²) < 4.78 is 5.63. The largest absolute Gasteiger partial charge is 0.493 e. The molecule has 1 aliphatic rings. The molecule has 1 heterocycles. The Bertz CT molecular complexity index is 904. The number of hydrogen-bond acceptors (Lipinski definition) is 4. The number of carbonyl (C=O) groups excluding carboxylic acids is 2. The van der Waals surface area contributed by atoms with Crippen molar-refractivity contribution in [3.05, 3.63) is 65.2 Å². The molecule has 1 N–H and O–H groups in total. The van der Waals surface area contributed by atoms with Gasteiger partial charge in [0.05, 0.1) is 24.2 Å². The summed E-state index contributed by atoms with van der Waals surface area (Å²) >= 11 is 0. The molecular formula is C22H24N2O5. The molecule has 7 nitrogen and oxygen atoms in total. The summed E-state index contributed by atoms with van der Waals surface area (Å²) in [6.45, 7) is 3.87. The number of nitrogens with zero attached hydrogens (tertiary/aromatic N) is 2. The van der Waals surface area contributed by atoms with Crippen LogP contribution < -0.4 is 4.74 Å². The van der Waals surface area contributed by atoms with E-state index in [-0.39, 0.29) is 29.4 Å². The number of hydrogen-bond donors (Lipinski definition) is 1. The highest BCUT2D eigenvalue weighted by Crippen LogP contribution is 2.15. The number of rotatable bonds is 6. The number of benzene rings is 2. The van der Waals surface area contributed by atoms with Gasteiger partial charge in [-0.15, -0.1) is 0 Å². The highest BCUT2D eigenvalue weighted by molar-refractivity contribution is 6.04. The molecule has 1 aliphatic heterocycles. The van der Waals surface area contributed by atoms with E-state index in [9.17, 15) is 19.5 Å². The van der Waals surface area contributed by atoms with Gasteiger partial charge in [-0.1, -0.05) is 24.3 Å². The Kier molecular flexibility index (Phi) is 6.49. The molecule has 0 aliphatic carbocycles. The van der Waals surface area contributed by atoms with Gasteiger partial charge >= 0.3 is 5.97 Å². The van der Waals surface area contributed by atoms with Gasteiger partial charge in [-0.3, -0.25) is 9.59 Å². The van der Waals surface area contributed by atoms with Gasteiger partial charge in [-0.2, -0.15) is 0 Å². The van der Waals surface area contributed by atoms with Crippen LogP contribution in [0.5, 0.6) is 5.75 Å². The van der Waals surface area contributed by atoms with Crippen molar-refractivity contribution >= 4 is 17.8 Å². The van der Waals surface area contributed by atoms with E-state index in [1.165, 1.54) is 12.1 Å². The van der Waals surface area contributed by atoms with Crippen LogP contribution in [0.3, 0.4) is 0 Å². The maximum Gasteiger partial charge on any atom is 0.336 e. The molecule has 0 aromatic heterocycles. The number of carboxylic acid groups (broad SMARTS) is 1. The van der Waals surface area contributed by atoms with Gasteiger partial charge in [0, 0.05) is 26.2 Å². The lowest BCUT2D eigenvalue weighted by Crippen LogP contribution is -2.51. The van der Waals surface area contributed by atoms with Gasteiger partial charge in [0.1, 0.15) is 5.75 Å². The summed E-state index contributed by atoms with van der Waals surface area (Å²) in [6, 6.07) is 13.8. The Morgan fingerprint density at radius 2 is 1.59 bits per heavy atom. The van der Waals surface area contributed by atoms with Crippen molar-refractivity contribution in [1.29, 1.82) is 0 Å². The molecule has 2 aromatic carbocycles. The van der Waals surface area contributed by atoms with Crippen molar-refractivity contribution in [3.8, 4) is 5.75 Å². The number of aromatic carboxylic acids is 1. The third-order valence-corrected chi connectivity index (χ3v) is 4.88. The van der Waals surface area contributed by atoms with Crippen LogP contribution in [-0.4, -0.2) is 65.5 Å².